The molecule has 0 N–H and O–H groups in total. The third-order valence-electron chi connectivity index (χ3n) is 2.04. The molecule has 0 saturated carbocycles. The van der Waals surface area contributed by atoms with Gasteiger partial charge in [0.2, 0.25) is 0 Å². The summed E-state index contributed by atoms with van der Waals surface area (Å²) in [5, 5.41) is 0. The molecule has 0 rings (SSSR count). The van der Waals surface area contributed by atoms with E-state index >= 15 is 0 Å². The van der Waals surface area contributed by atoms with Crippen molar-refractivity contribution in [2.45, 2.75) is 31.6 Å². The van der Waals surface area contributed by atoms with Gasteiger partial charge in [-0.1, -0.05) is 25.7 Å². The van der Waals surface area contributed by atoms with Gasteiger partial charge in [0.15, 0.2) is 0 Å². The molecule has 0 aliphatic carbocycles. The molecule has 0 radical (unpaired) electrons. The molecule has 0 spiro atoms. The molecule has 0 saturated heterocycles. The lowest BCUT2D eigenvalue weighted by molar-refractivity contribution is 0.194. The van der Waals surface area contributed by atoms with Crippen LogP contribution in [0.3, 0.4) is 0 Å². The van der Waals surface area contributed by atoms with Crippen LogP contribution in [0.5, 0.6) is 0 Å². The highest BCUT2D eigenvalue weighted by molar-refractivity contribution is 6.77. The minimum Gasteiger partial charge on any atom is -0.385 e. The summed E-state index contributed by atoms with van der Waals surface area (Å²) in [6, 6.07) is 0. The summed E-state index contributed by atoms with van der Waals surface area (Å²) < 4.78 is 5.17. The van der Waals surface area contributed by atoms with Gasteiger partial charge in [-0.05, 0) is 12.0 Å². The monoisotopic (exact) mass is 172 g/mol. The second-order valence-electron chi connectivity index (χ2n) is 4.04. The fourth-order valence-electron chi connectivity index (χ4n) is 1.07. The first-order valence-corrected chi connectivity index (χ1v) is 7.70. The van der Waals surface area contributed by atoms with Gasteiger partial charge in [0.25, 0.3) is 0 Å². The molecule has 0 amide bonds. The van der Waals surface area contributed by atoms with E-state index in [1.54, 1.807) is 7.11 Å². The Morgan fingerprint density at radius 2 is 2.00 bits per heavy atom. The Balaban J connectivity index is 3.97. The average Bonchev–Trinajstić information content (AvgIpc) is 1.85. The fraction of sp³-hybridized carbons (Fsp3) is 0.778. The fourth-order valence-corrected chi connectivity index (χ4v) is 2.61. The lowest BCUT2D eigenvalue weighted by Crippen LogP contribution is -2.30. The Kier molecular flexibility index (Phi) is 4.69. The van der Waals surface area contributed by atoms with Gasteiger partial charge in [-0.3, -0.25) is 0 Å². The van der Waals surface area contributed by atoms with E-state index in [0.717, 1.165) is 18.6 Å². The predicted molar refractivity (Wildman–Crippen MR) is 53.8 cm³/mol. The molecule has 0 aliphatic heterocycles. The maximum absolute atomic E-state index is 5.17. The molecule has 0 fully saturated rings. The van der Waals surface area contributed by atoms with Gasteiger partial charge < -0.3 is 4.74 Å². The van der Waals surface area contributed by atoms with E-state index < -0.39 is 8.07 Å². The molecule has 0 bridgehead atoms. The SMILES string of the molecule is C=CCC(COC)[Si](C)(C)C. The van der Waals surface area contributed by atoms with Crippen LogP contribution in [0, 0.1) is 0 Å². The zero-order chi connectivity index (χ0) is 8.91. The third-order valence-corrected chi connectivity index (χ3v) is 4.90. The summed E-state index contributed by atoms with van der Waals surface area (Å²) in [5.41, 5.74) is 0.727. The molecule has 11 heavy (non-hydrogen) atoms. The van der Waals surface area contributed by atoms with E-state index in [9.17, 15) is 0 Å². The highest BCUT2D eigenvalue weighted by Crippen LogP contribution is 2.25. The molecule has 1 nitrogen and oxygen atoms in total. The van der Waals surface area contributed by atoms with Gasteiger partial charge in [0.1, 0.15) is 0 Å². The maximum atomic E-state index is 5.17. The highest BCUT2D eigenvalue weighted by atomic mass is 28.3. The van der Waals surface area contributed by atoms with Gasteiger partial charge in [-0.25, -0.2) is 0 Å². The van der Waals surface area contributed by atoms with E-state index in [1.165, 1.54) is 0 Å². The van der Waals surface area contributed by atoms with E-state index in [0.29, 0.717) is 0 Å². The Hall–Kier alpha value is -0.0831. The number of hydrogen-bond acceptors (Lipinski definition) is 1. The molecular formula is C9H20OSi. The lowest BCUT2D eigenvalue weighted by Gasteiger charge is -2.27. The van der Waals surface area contributed by atoms with Crippen LogP contribution < -0.4 is 0 Å². The van der Waals surface area contributed by atoms with Crippen LogP contribution in [0.1, 0.15) is 6.42 Å². The number of hydrogen-bond donors (Lipinski definition) is 0. The van der Waals surface area contributed by atoms with Crippen molar-refractivity contribution in [3.8, 4) is 0 Å². The summed E-state index contributed by atoms with van der Waals surface area (Å²) in [5.74, 6) is 0. The van der Waals surface area contributed by atoms with Gasteiger partial charge in [-0.15, -0.1) is 6.58 Å². The van der Waals surface area contributed by atoms with Gasteiger partial charge >= 0.3 is 0 Å². The maximum Gasteiger partial charge on any atom is 0.0504 e. The third kappa shape index (κ3) is 4.38. The van der Waals surface area contributed by atoms with Gasteiger partial charge in [-0.2, -0.15) is 0 Å². The van der Waals surface area contributed by atoms with Gasteiger partial charge in [0, 0.05) is 13.7 Å². The molecule has 1 unspecified atom stereocenters. The van der Waals surface area contributed by atoms with Crippen LogP contribution in [-0.4, -0.2) is 21.8 Å². The van der Waals surface area contributed by atoms with E-state index in [2.05, 4.69) is 26.2 Å². The summed E-state index contributed by atoms with van der Waals surface area (Å²) in [6.07, 6.45) is 3.10. The lowest BCUT2D eigenvalue weighted by atomic mass is 10.3. The normalized spacial score (nSPS) is 14.5. The molecule has 66 valence electrons. The van der Waals surface area contributed by atoms with Crippen LogP contribution in [0.15, 0.2) is 12.7 Å². The molecule has 0 aliphatic rings. The quantitative estimate of drug-likeness (QED) is 0.458. The van der Waals surface area contributed by atoms with Crippen molar-refractivity contribution >= 4 is 8.07 Å². The van der Waals surface area contributed by atoms with Crippen LogP contribution in [0.2, 0.25) is 25.2 Å². The number of ether oxygens (including phenoxy) is 1. The molecule has 1 atom stereocenters. The van der Waals surface area contributed by atoms with E-state index in [4.69, 9.17) is 4.74 Å². The number of methoxy groups -OCH3 is 1. The highest BCUT2D eigenvalue weighted by Gasteiger charge is 2.24. The summed E-state index contributed by atoms with van der Waals surface area (Å²) in [4.78, 5) is 0. The summed E-state index contributed by atoms with van der Waals surface area (Å²) in [7, 11) is 0.749. The van der Waals surface area contributed by atoms with Crippen molar-refractivity contribution < 1.29 is 4.74 Å². The molecule has 0 aromatic rings. The van der Waals surface area contributed by atoms with E-state index in [1.807, 2.05) is 6.08 Å². The Labute approximate surface area is 71.5 Å². The Morgan fingerprint density at radius 1 is 1.45 bits per heavy atom. The van der Waals surface area contributed by atoms with Crippen LogP contribution in [0.25, 0.3) is 0 Å². The van der Waals surface area contributed by atoms with Crippen LogP contribution >= 0.6 is 0 Å². The molecule has 2 heteroatoms. The minimum absolute atomic E-state index is 0.727. The van der Waals surface area contributed by atoms with Crippen molar-refractivity contribution in [1.82, 2.24) is 0 Å². The second kappa shape index (κ2) is 4.73. The number of rotatable bonds is 5. The van der Waals surface area contributed by atoms with Crippen LogP contribution in [-0.2, 0) is 4.74 Å². The first kappa shape index (κ1) is 10.9. The minimum atomic E-state index is -1.02. The largest absolute Gasteiger partial charge is 0.385 e. The van der Waals surface area contributed by atoms with Gasteiger partial charge in [0.05, 0.1) is 8.07 Å². The van der Waals surface area contributed by atoms with Crippen molar-refractivity contribution in [2.75, 3.05) is 13.7 Å². The molecule has 0 aromatic heterocycles. The van der Waals surface area contributed by atoms with Crippen molar-refractivity contribution in [3.63, 3.8) is 0 Å². The second-order valence-corrected chi connectivity index (χ2v) is 9.59. The van der Waals surface area contributed by atoms with Crippen molar-refractivity contribution in [2.24, 2.45) is 0 Å². The topological polar surface area (TPSA) is 9.23 Å². The Morgan fingerprint density at radius 3 is 2.27 bits per heavy atom. The zero-order valence-electron chi connectivity index (χ0n) is 8.18. The van der Waals surface area contributed by atoms with Crippen molar-refractivity contribution in [3.05, 3.63) is 12.7 Å². The Bertz CT molecular complexity index is 115. The zero-order valence-corrected chi connectivity index (χ0v) is 9.18. The molecule has 0 heterocycles. The first-order valence-electron chi connectivity index (χ1n) is 4.12. The standard InChI is InChI=1S/C9H20OSi/c1-6-7-9(8-10-2)11(3,4)5/h6,9H,1,7-8H2,2-5H3. The number of allylic oxidation sites excluding steroid dienone is 1. The molecule has 0 aromatic carbocycles. The van der Waals surface area contributed by atoms with Crippen LogP contribution in [0.4, 0.5) is 0 Å². The summed E-state index contributed by atoms with van der Waals surface area (Å²) in [6.45, 7) is 11.8. The smallest absolute Gasteiger partial charge is 0.0504 e. The summed E-state index contributed by atoms with van der Waals surface area (Å²) >= 11 is 0. The van der Waals surface area contributed by atoms with Crippen molar-refractivity contribution in [1.29, 1.82) is 0 Å². The molecular weight excluding hydrogens is 152 g/mol. The first-order chi connectivity index (χ1) is 5.02. The van der Waals surface area contributed by atoms with E-state index in [-0.39, 0.29) is 0 Å². The average molecular weight is 172 g/mol. The predicted octanol–water partition coefficient (Wildman–Crippen LogP) is 2.92.